The van der Waals surface area contributed by atoms with Crippen molar-refractivity contribution in [2.24, 2.45) is 0 Å². The van der Waals surface area contributed by atoms with Gasteiger partial charge in [0.15, 0.2) is 11.6 Å². The molecule has 3 heterocycles. The number of nitrogens with one attached hydrogen (secondary N) is 1. The molecule has 0 fully saturated rings. The highest BCUT2D eigenvalue weighted by molar-refractivity contribution is 9.10. The molecule has 0 aliphatic rings. The maximum Gasteiger partial charge on any atom is 0.264 e. The molecule has 148 valence electrons. The van der Waals surface area contributed by atoms with Crippen molar-refractivity contribution in [2.45, 2.75) is 6.43 Å². The number of H-pyrrole nitrogens is 1. The lowest BCUT2D eigenvalue weighted by atomic mass is 10.1. The first-order valence-electron chi connectivity index (χ1n) is 9.15. The average molecular weight is 466 g/mol. The van der Waals surface area contributed by atoms with Crippen molar-refractivity contribution < 1.29 is 8.78 Å². The van der Waals surface area contributed by atoms with Crippen molar-refractivity contribution in [3.63, 3.8) is 0 Å². The van der Waals surface area contributed by atoms with Gasteiger partial charge in [-0.15, -0.1) is 5.10 Å². The zero-order chi connectivity index (χ0) is 20.7. The topological polar surface area (TPSA) is 59.4 Å². The molecule has 0 atom stereocenters. The van der Waals surface area contributed by atoms with Crippen LogP contribution in [0.25, 0.3) is 39.6 Å². The van der Waals surface area contributed by atoms with Crippen LogP contribution < -0.4 is 0 Å². The van der Waals surface area contributed by atoms with Gasteiger partial charge in [0.1, 0.15) is 11.3 Å². The van der Waals surface area contributed by atoms with Crippen molar-refractivity contribution in [3.05, 3.63) is 83.0 Å². The summed E-state index contributed by atoms with van der Waals surface area (Å²) in [6, 6.07) is 19.5. The maximum atomic E-state index is 13.6. The molecule has 3 aromatic heterocycles. The molecule has 0 unspecified atom stereocenters. The molecule has 0 saturated heterocycles. The third-order valence-electron chi connectivity index (χ3n) is 4.75. The largest absolute Gasteiger partial charge is 0.346 e. The first-order valence-corrected chi connectivity index (χ1v) is 9.94. The Morgan fingerprint density at radius 3 is 2.50 bits per heavy atom. The summed E-state index contributed by atoms with van der Waals surface area (Å²) in [6.45, 7) is 0. The van der Waals surface area contributed by atoms with Crippen LogP contribution in [0.2, 0.25) is 0 Å². The van der Waals surface area contributed by atoms with Gasteiger partial charge >= 0.3 is 0 Å². The molecule has 8 heteroatoms. The number of pyridine rings is 1. The van der Waals surface area contributed by atoms with Crippen LogP contribution in [0, 0.1) is 0 Å². The van der Waals surface area contributed by atoms with Crippen molar-refractivity contribution >= 4 is 27.0 Å². The number of halogens is 3. The normalized spacial score (nSPS) is 11.5. The van der Waals surface area contributed by atoms with Crippen molar-refractivity contribution in [3.8, 4) is 28.6 Å². The lowest BCUT2D eigenvalue weighted by Crippen LogP contribution is -2.01. The second kappa shape index (κ2) is 7.46. The quantitative estimate of drug-likeness (QED) is 0.344. The van der Waals surface area contributed by atoms with Gasteiger partial charge in [-0.05, 0) is 42.5 Å². The Kier molecular flexibility index (Phi) is 4.63. The van der Waals surface area contributed by atoms with Crippen molar-refractivity contribution in [1.29, 1.82) is 0 Å². The van der Waals surface area contributed by atoms with Gasteiger partial charge in [-0.1, -0.05) is 40.2 Å². The Hall–Kier alpha value is -3.39. The third-order valence-corrected chi connectivity index (χ3v) is 5.28. The number of aromatic nitrogens is 5. The Bertz CT molecular complexity index is 1340. The van der Waals surface area contributed by atoms with Gasteiger partial charge in [-0.2, -0.15) is 0 Å². The Balaban J connectivity index is 1.73. The summed E-state index contributed by atoms with van der Waals surface area (Å²) in [5, 5.41) is 5.54. The van der Waals surface area contributed by atoms with E-state index in [0.29, 0.717) is 22.7 Å². The van der Waals surface area contributed by atoms with E-state index in [4.69, 9.17) is 0 Å². The number of alkyl halides is 2. The van der Waals surface area contributed by atoms with E-state index in [1.54, 1.807) is 22.9 Å². The SMILES string of the molecule is FC(F)c1ccccc1-c1nc(-c2ccc3cc[nH]c3n2)n(-c2ccc(Br)cc2)n1. The Morgan fingerprint density at radius 1 is 0.900 bits per heavy atom. The molecular weight excluding hydrogens is 452 g/mol. The fourth-order valence-corrected chi connectivity index (χ4v) is 3.56. The Morgan fingerprint density at radius 2 is 1.70 bits per heavy atom. The predicted molar refractivity (Wildman–Crippen MR) is 115 cm³/mol. The molecule has 5 rings (SSSR count). The summed E-state index contributed by atoms with van der Waals surface area (Å²) in [6.07, 6.45) is -0.816. The van der Waals surface area contributed by atoms with Crippen LogP contribution in [0.1, 0.15) is 12.0 Å². The highest BCUT2D eigenvalue weighted by Crippen LogP contribution is 2.32. The van der Waals surface area contributed by atoms with Gasteiger partial charge in [-0.25, -0.2) is 23.4 Å². The van der Waals surface area contributed by atoms with Crippen molar-refractivity contribution in [2.75, 3.05) is 0 Å². The molecule has 0 saturated carbocycles. The van der Waals surface area contributed by atoms with E-state index in [1.807, 2.05) is 48.7 Å². The minimum absolute atomic E-state index is 0.107. The highest BCUT2D eigenvalue weighted by Gasteiger charge is 2.21. The monoisotopic (exact) mass is 465 g/mol. The molecule has 2 aromatic carbocycles. The summed E-state index contributed by atoms with van der Waals surface area (Å²) >= 11 is 3.43. The average Bonchev–Trinajstić information content (AvgIpc) is 3.41. The van der Waals surface area contributed by atoms with E-state index >= 15 is 0 Å². The van der Waals surface area contributed by atoms with E-state index in [1.165, 1.54) is 6.07 Å². The molecule has 0 aliphatic carbocycles. The molecule has 30 heavy (non-hydrogen) atoms. The number of benzene rings is 2. The van der Waals surface area contributed by atoms with Crippen LogP contribution in [-0.2, 0) is 0 Å². The summed E-state index contributed by atoms with van der Waals surface area (Å²) in [5.41, 5.74) is 2.23. The number of rotatable bonds is 4. The zero-order valence-corrected chi connectivity index (χ0v) is 17.0. The predicted octanol–water partition coefficient (Wildman–Crippen LogP) is 6.18. The van der Waals surface area contributed by atoms with Crippen LogP contribution in [0.15, 0.2) is 77.4 Å². The molecule has 5 aromatic rings. The smallest absolute Gasteiger partial charge is 0.264 e. The molecular formula is C22H14BrF2N5. The standard InChI is InChI=1S/C22H14BrF2N5/c23-14-6-8-15(9-7-14)30-22(18-10-5-13-11-12-26-20(13)27-18)28-21(29-30)17-4-2-1-3-16(17)19(24)25/h1-12,19H,(H,26,27). The summed E-state index contributed by atoms with van der Waals surface area (Å²) in [7, 11) is 0. The van der Waals surface area contributed by atoms with E-state index in [-0.39, 0.29) is 11.4 Å². The molecule has 0 aliphatic heterocycles. The molecule has 5 nitrogen and oxygen atoms in total. The summed E-state index contributed by atoms with van der Waals surface area (Å²) in [5.74, 6) is 0.685. The lowest BCUT2D eigenvalue weighted by Gasteiger charge is -2.06. The molecule has 1 N–H and O–H groups in total. The number of aromatic amines is 1. The first kappa shape index (κ1) is 18.6. The first-order chi connectivity index (χ1) is 14.6. The second-order valence-corrected chi connectivity index (χ2v) is 7.56. The number of fused-ring (bicyclic) bond motifs is 1. The highest BCUT2D eigenvalue weighted by atomic mass is 79.9. The van der Waals surface area contributed by atoms with Gasteiger partial charge < -0.3 is 4.98 Å². The lowest BCUT2D eigenvalue weighted by molar-refractivity contribution is 0.152. The van der Waals surface area contributed by atoms with Crippen LogP contribution in [0.5, 0.6) is 0 Å². The third kappa shape index (κ3) is 3.29. The van der Waals surface area contributed by atoms with Crippen LogP contribution >= 0.6 is 15.9 Å². The van der Waals surface area contributed by atoms with Gasteiger partial charge in [0.05, 0.1) is 5.69 Å². The van der Waals surface area contributed by atoms with Gasteiger partial charge in [0.2, 0.25) is 0 Å². The number of hydrogen-bond donors (Lipinski definition) is 1. The van der Waals surface area contributed by atoms with Gasteiger partial charge in [0, 0.05) is 27.2 Å². The number of nitrogens with zero attached hydrogens (tertiary/aromatic N) is 4. The minimum atomic E-state index is -2.63. The van der Waals surface area contributed by atoms with E-state index in [0.717, 1.165) is 15.5 Å². The summed E-state index contributed by atoms with van der Waals surface area (Å²) < 4.78 is 29.7. The van der Waals surface area contributed by atoms with Crippen LogP contribution in [0.4, 0.5) is 8.78 Å². The van der Waals surface area contributed by atoms with Crippen LogP contribution in [-0.4, -0.2) is 24.7 Å². The molecule has 0 radical (unpaired) electrons. The summed E-state index contributed by atoms with van der Waals surface area (Å²) in [4.78, 5) is 12.3. The minimum Gasteiger partial charge on any atom is -0.346 e. The van der Waals surface area contributed by atoms with Gasteiger partial charge in [0.25, 0.3) is 6.43 Å². The van der Waals surface area contributed by atoms with E-state index in [9.17, 15) is 8.78 Å². The fourth-order valence-electron chi connectivity index (χ4n) is 3.30. The number of hydrogen-bond acceptors (Lipinski definition) is 3. The molecule has 0 amide bonds. The Labute approximate surface area is 178 Å². The second-order valence-electron chi connectivity index (χ2n) is 6.65. The molecule has 0 bridgehead atoms. The van der Waals surface area contributed by atoms with Crippen molar-refractivity contribution in [1.82, 2.24) is 24.7 Å². The van der Waals surface area contributed by atoms with E-state index < -0.39 is 6.43 Å². The van der Waals surface area contributed by atoms with Crippen LogP contribution in [0.3, 0.4) is 0 Å². The van der Waals surface area contributed by atoms with E-state index in [2.05, 4.69) is 36.0 Å². The fraction of sp³-hybridized carbons (Fsp3) is 0.0455. The van der Waals surface area contributed by atoms with Gasteiger partial charge in [-0.3, -0.25) is 0 Å². The maximum absolute atomic E-state index is 13.6. The zero-order valence-electron chi connectivity index (χ0n) is 15.4. The molecule has 0 spiro atoms.